The summed E-state index contributed by atoms with van der Waals surface area (Å²) >= 11 is 1.33. The molecule has 1 fully saturated rings. The molecule has 1 aromatic heterocycles. The largest absolute Gasteiger partial charge is 0.370 e. The number of hydrogen-bond donors (Lipinski definition) is 0. The number of carbonyl (C=O) groups excluding carboxylic acids is 1. The van der Waals surface area contributed by atoms with Crippen LogP contribution in [0.3, 0.4) is 0 Å². The average molecular weight is 347 g/mol. The van der Waals surface area contributed by atoms with Gasteiger partial charge >= 0.3 is 0 Å². The number of aryl methyl sites for hydroxylation is 1. The fraction of sp³-hybridized carbons (Fsp3) is 0.353. The highest BCUT2D eigenvalue weighted by Gasteiger charge is 2.31. The van der Waals surface area contributed by atoms with Gasteiger partial charge in [0.1, 0.15) is 5.82 Å². The van der Waals surface area contributed by atoms with Crippen LogP contribution in [0.1, 0.15) is 11.3 Å². The summed E-state index contributed by atoms with van der Waals surface area (Å²) in [5, 5.41) is 0.608. The van der Waals surface area contributed by atoms with E-state index in [-0.39, 0.29) is 24.4 Å². The maximum absolute atomic E-state index is 13.5. The van der Waals surface area contributed by atoms with Crippen LogP contribution < -0.4 is 0 Å². The number of rotatable bonds is 6. The van der Waals surface area contributed by atoms with E-state index >= 15 is 0 Å². The Labute approximate surface area is 144 Å². The smallest absolute Gasteiger partial charge is 0.233 e. The predicted octanol–water partition coefficient (Wildman–Crippen LogP) is 2.44. The average Bonchev–Trinajstić information content (AvgIpc) is 2.53. The number of likely N-dealkylation sites (tertiary alicyclic amines) is 1. The molecule has 2 heterocycles. The first-order valence-corrected chi connectivity index (χ1v) is 8.65. The standard InChI is InChI=1S/C17H18FN3O2S/c1-12-6-7-19-17(20-12)24-11-16(22)21-8-14(9-21)23-10-13-4-2-3-5-15(13)18/h2-7,14H,8-11H2,1H3. The van der Waals surface area contributed by atoms with E-state index in [9.17, 15) is 9.18 Å². The van der Waals surface area contributed by atoms with Crippen molar-refractivity contribution < 1.29 is 13.9 Å². The summed E-state index contributed by atoms with van der Waals surface area (Å²) < 4.78 is 19.1. The molecule has 1 saturated heterocycles. The summed E-state index contributed by atoms with van der Waals surface area (Å²) in [6.07, 6.45) is 1.65. The van der Waals surface area contributed by atoms with Crippen LogP contribution in [-0.4, -0.2) is 45.7 Å². The number of carbonyl (C=O) groups is 1. The second-order valence-corrected chi connectivity index (χ2v) is 6.53. The molecule has 1 amide bonds. The number of halogens is 1. The summed E-state index contributed by atoms with van der Waals surface area (Å²) in [7, 11) is 0. The van der Waals surface area contributed by atoms with Crippen LogP contribution in [-0.2, 0) is 16.1 Å². The molecular formula is C17H18FN3O2S. The van der Waals surface area contributed by atoms with Crippen LogP contribution in [0.5, 0.6) is 0 Å². The van der Waals surface area contributed by atoms with Gasteiger partial charge in [0.25, 0.3) is 0 Å². The zero-order valence-electron chi connectivity index (χ0n) is 13.3. The molecule has 0 aliphatic carbocycles. The molecule has 5 nitrogen and oxygen atoms in total. The summed E-state index contributed by atoms with van der Waals surface area (Å²) in [5.74, 6) is 0.0823. The van der Waals surface area contributed by atoms with Gasteiger partial charge in [-0.05, 0) is 19.1 Å². The molecule has 3 rings (SSSR count). The first-order valence-electron chi connectivity index (χ1n) is 7.67. The molecule has 2 aromatic rings. The van der Waals surface area contributed by atoms with Crippen LogP contribution in [0.15, 0.2) is 41.7 Å². The maximum atomic E-state index is 13.5. The second kappa shape index (κ2) is 7.72. The fourth-order valence-corrected chi connectivity index (χ4v) is 3.06. The Balaban J connectivity index is 1.38. The normalized spacial score (nSPS) is 14.5. The van der Waals surface area contributed by atoms with E-state index < -0.39 is 0 Å². The number of thioether (sulfide) groups is 1. The topological polar surface area (TPSA) is 55.3 Å². The summed E-state index contributed by atoms with van der Waals surface area (Å²) in [6, 6.07) is 8.37. The van der Waals surface area contributed by atoms with Crippen LogP contribution in [0.2, 0.25) is 0 Å². The molecule has 0 bridgehead atoms. The number of amides is 1. The van der Waals surface area contributed by atoms with Gasteiger partial charge in [-0.1, -0.05) is 30.0 Å². The molecule has 126 valence electrons. The SMILES string of the molecule is Cc1ccnc(SCC(=O)N2CC(OCc3ccccc3F)C2)n1. The van der Waals surface area contributed by atoms with E-state index in [2.05, 4.69) is 9.97 Å². The van der Waals surface area contributed by atoms with Gasteiger partial charge in [-0.25, -0.2) is 14.4 Å². The van der Waals surface area contributed by atoms with Gasteiger partial charge in [-0.2, -0.15) is 0 Å². The van der Waals surface area contributed by atoms with E-state index in [1.165, 1.54) is 17.8 Å². The zero-order chi connectivity index (χ0) is 16.9. The van der Waals surface area contributed by atoms with E-state index in [0.717, 1.165) is 5.69 Å². The van der Waals surface area contributed by atoms with Crippen LogP contribution in [0, 0.1) is 12.7 Å². The molecule has 0 radical (unpaired) electrons. The van der Waals surface area contributed by atoms with Gasteiger partial charge in [0.05, 0.1) is 18.5 Å². The minimum Gasteiger partial charge on any atom is -0.370 e. The first kappa shape index (κ1) is 16.9. The van der Waals surface area contributed by atoms with Crippen LogP contribution >= 0.6 is 11.8 Å². The Hall–Kier alpha value is -1.99. The Morgan fingerprint density at radius 3 is 2.92 bits per heavy atom. The highest BCUT2D eigenvalue weighted by atomic mass is 32.2. The Kier molecular flexibility index (Phi) is 5.42. The third-order valence-corrected chi connectivity index (χ3v) is 4.58. The third-order valence-electron chi connectivity index (χ3n) is 3.73. The number of hydrogen-bond acceptors (Lipinski definition) is 5. The number of nitrogens with zero attached hydrogens (tertiary/aromatic N) is 3. The molecule has 0 saturated carbocycles. The highest BCUT2D eigenvalue weighted by molar-refractivity contribution is 7.99. The maximum Gasteiger partial charge on any atom is 0.233 e. The van der Waals surface area contributed by atoms with Crippen molar-refractivity contribution in [3.05, 3.63) is 53.6 Å². The van der Waals surface area contributed by atoms with Crippen molar-refractivity contribution in [2.75, 3.05) is 18.8 Å². The van der Waals surface area contributed by atoms with Gasteiger partial charge in [-0.15, -0.1) is 0 Å². The monoisotopic (exact) mass is 347 g/mol. The van der Waals surface area contributed by atoms with Gasteiger partial charge in [-0.3, -0.25) is 4.79 Å². The molecule has 0 N–H and O–H groups in total. The third kappa shape index (κ3) is 4.30. The lowest BCUT2D eigenvalue weighted by molar-refractivity contribution is -0.143. The van der Waals surface area contributed by atoms with Crippen molar-refractivity contribution in [1.82, 2.24) is 14.9 Å². The Morgan fingerprint density at radius 2 is 2.17 bits per heavy atom. The molecule has 7 heteroatoms. The van der Waals surface area contributed by atoms with Crippen molar-refractivity contribution in [2.24, 2.45) is 0 Å². The van der Waals surface area contributed by atoms with Crippen molar-refractivity contribution >= 4 is 17.7 Å². The van der Waals surface area contributed by atoms with Crippen molar-refractivity contribution in [3.8, 4) is 0 Å². The summed E-state index contributed by atoms with van der Waals surface area (Å²) in [6.45, 7) is 3.21. The summed E-state index contributed by atoms with van der Waals surface area (Å²) in [5.41, 5.74) is 1.42. The van der Waals surface area contributed by atoms with Gasteiger partial charge in [0, 0.05) is 30.5 Å². The molecule has 0 unspecified atom stereocenters. The highest BCUT2D eigenvalue weighted by Crippen LogP contribution is 2.19. The lowest BCUT2D eigenvalue weighted by Gasteiger charge is -2.38. The summed E-state index contributed by atoms with van der Waals surface area (Å²) in [4.78, 5) is 22.2. The van der Waals surface area contributed by atoms with Crippen molar-refractivity contribution in [3.63, 3.8) is 0 Å². The van der Waals surface area contributed by atoms with Gasteiger partial charge in [0.2, 0.25) is 5.91 Å². The van der Waals surface area contributed by atoms with E-state index in [1.54, 1.807) is 29.3 Å². The predicted molar refractivity (Wildman–Crippen MR) is 89.1 cm³/mol. The van der Waals surface area contributed by atoms with Crippen molar-refractivity contribution in [2.45, 2.75) is 24.8 Å². The number of aromatic nitrogens is 2. The lowest BCUT2D eigenvalue weighted by Crippen LogP contribution is -2.55. The Bertz CT molecular complexity index is 722. The molecule has 1 aliphatic rings. The number of benzene rings is 1. The van der Waals surface area contributed by atoms with Crippen LogP contribution in [0.4, 0.5) is 4.39 Å². The van der Waals surface area contributed by atoms with E-state index in [0.29, 0.717) is 29.6 Å². The van der Waals surface area contributed by atoms with Gasteiger partial charge in [0.15, 0.2) is 5.16 Å². The fourth-order valence-electron chi connectivity index (χ4n) is 2.28. The number of ether oxygens (including phenoxy) is 1. The van der Waals surface area contributed by atoms with E-state index in [4.69, 9.17) is 4.74 Å². The van der Waals surface area contributed by atoms with Crippen molar-refractivity contribution in [1.29, 1.82) is 0 Å². The molecule has 0 atom stereocenters. The molecular weight excluding hydrogens is 329 g/mol. The molecule has 24 heavy (non-hydrogen) atoms. The zero-order valence-corrected chi connectivity index (χ0v) is 14.1. The minimum absolute atomic E-state index is 0.0335. The van der Waals surface area contributed by atoms with E-state index in [1.807, 2.05) is 13.0 Å². The second-order valence-electron chi connectivity index (χ2n) is 5.59. The van der Waals surface area contributed by atoms with Gasteiger partial charge < -0.3 is 9.64 Å². The lowest BCUT2D eigenvalue weighted by atomic mass is 10.1. The molecule has 1 aliphatic heterocycles. The molecule has 0 spiro atoms. The Morgan fingerprint density at radius 1 is 1.38 bits per heavy atom. The molecule has 1 aromatic carbocycles. The quantitative estimate of drug-likeness (QED) is 0.593. The minimum atomic E-state index is -0.265. The first-order chi connectivity index (χ1) is 11.6. The van der Waals surface area contributed by atoms with Crippen LogP contribution in [0.25, 0.3) is 0 Å².